The zero-order valence-electron chi connectivity index (χ0n) is 14.1. The zero-order chi connectivity index (χ0) is 16.6. The van der Waals surface area contributed by atoms with Crippen molar-refractivity contribution in [1.29, 1.82) is 0 Å². The summed E-state index contributed by atoms with van der Waals surface area (Å²) in [5, 5.41) is 0. The molecular weight excluding hydrogens is 282 g/mol. The van der Waals surface area contributed by atoms with Crippen molar-refractivity contribution in [2.24, 2.45) is 5.73 Å². The van der Waals surface area contributed by atoms with Crippen molar-refractivity contribution in [2.45, 2.75) is 71.6 Å². The third kappa shape index (κ3) is 16.5. The van der Waals surface area contributed by atoms with Gasteiger partial charge in [0.05, 0.1) is 13.2 Å². The van der Waals surface area contributed by atoms with E-state index in [1.807, 2.05) is 0 Å². The van der Waals surface area contributed by atoms with E-state index in [4.69, 9.17) is 15.2 Å². The molecule has 5 heteroatoms. The molecule has 0 heterocycles. The average molecular weight is 313 g/mol. The number of ether oxygens (including phenoxy) is 2. The summed E-state index contributed by atoms with van der Waals surface area (Å²) in [6.07, 6.45) is 11.5. The quantitative estimate of drug-likeness (QED) is 0.320. The SMILES string of the molecule is CC(=O)OCCCCCCCCCCCOC(=O)/C=C(/C)N. The van der Waals surface area contributed by atoms with Gasteiger partial charge < -0.3 is 15.2 Å². The number of hydrogen-bond donors (Lipinski definition) is 1. The first-order chi connectivity index (χ1) is 10.5. The van der Waals surface area contributed by atoms with Gasteiger partial charge in [0.2, 0.25) is 0 Å². The molecule has 0 saturated carbocycles. The highest BCUT2D eigenvalue weighted by Crippen LogP contribution is 2.10. The Bertz CT molecular complexity index is 336. The maximum absolute atomic E-state index is 11.2. The molecule has 0 aromatic rings. The third-order valence-corrected chi connectivity index (χ3v) is 3.18. The van der Waals surface area contributed by atoms with Gasteiger partial charge in [-0.05, 0) is 19.8 Å². The highest BCUT2D eigenvalue weighted by molar-refractivity contribution is 5.82. The Labute approximate surface area is 134 Å². The Balaban J connectivity index is 3.16. The number of rotatable bonds is 13. The van der Waals surface area contributed by atoms with Gasteiger partial charge in [0.25, 0.3) is 0 Å². The number of carbonyl (C=O) groups excluding carboxylic acids is 2. The van der Waals surface area contributed by atoms with Gasteiger partial charge in [-0.2, -0.15) is 0 Å². The molecule has 0 saturated heterocycles. The van der Waals surface area contributed by atoms with Crippen LogP contribution < -0.4 is 5.73 Å². The fraction of sp³-hybridized carbons (Fsp3) is 0.765. The second kappa shape index (κ2) is 14.4. The van der Waals surface area contributed by atoms with E-state index in [9.17, 15) is 9.59 Å². The highest BCUT2D eigenvalue weighted by atomic mass is 16.5. The molecule has 0 aliphatic heterocycles. The number of carbonyl (C=O) groups is 2. The minimum Gasteiger partial charge on any atom is -0.466 e. The summed E-state index contributed by atoms with van der Waals surface area (Å²) in [5.74, 6) is -0.548. The summed E-state index contributed by atoms with van der Waals surface area (Å²) in [6.45, 7) is 4.13. The van der Waals surface area contributed by atoms with E-state index in [-0.39, 0.29) is 11.9 Å². The third-order valence-electron chi connectivity index (χ3n) is 3.18. The van der Waals surface area contributed by atoms with Crippen molar-refractivity contribution >= 4 is 11.9 Å². The number of esters is 2. The van der Waals surface area contributed by atoms with Crippen LogP contribution in [0.15, 0.2) is 11.8 Å². The summed E-state index contributed by atoms with van der Waals surface area (Å²) in [4.78, 5) is 21.7. The molecule has 0 amide bonds. The highest BCUT2D eigenvalue weighted by Gasteiger charge is 1.98. The Morgan fingerprint density at radius 3 is 1.59 bits per heavy atom. The summed E-state index contributed by atoms with van der Waals surface area (Å²) in [7, 11) is 0. The Kier molecular flexibility index (Phi) is 13.4. The second-order valence-corrected chi connectivity index (χ2v) is 5.58. The Morgan fingerprint density at radius 1 is 0.773 bits per heavy atom. The maximum atomic E-state index is 11.2. The van der Waals surface area contributed by atoms with Crippen LogP contribution in [0.25, 0.3) is 0 Å². The fourth-order valence-corrected chi connectivity index (χ4v) is 2.06. The summed E-state index contributed by atoms with van der Waals surface area (Å²) < 4.78 is 9.90. The smallest absolute Gasteiger partial charge is 0.332 e. The van der Waals surface area contributed by atoms with Crippen molar-refractivity contribution in [3.8, 4) is 0 Å². The Morgan fingerprint density at radius 2 is 1.18 bits per heavy atom. The monoisotopic (exact) mass is 313 g/mol. The summed E-state index contributed by atoms with van der Waals surface area (Å²) >= 11 is 0. The second-order valence-electron chi connectivity index (χ2n) is 5.58. The van der Waals surface area contributed by atoms with Gasteiger partial charge in [0, 0.05) is 18.7 Å². The van der Waals surface area contributed by atoms with E-state index < -0.39 is 0 Å². The van der Waals surface area contributed by atoms with Gasteiger partial charge in [-0.3, -0.25) is 4.79 Å². The van der Waals surface area contributed by atoms with Crippen molar-refractivity contribution in [1.82, 2.24) is 0 Å². The molecule has 0 aliphatic carbocycles. The first-order valence-corrected chi connectivity index (χ1v) is 8.26. The predicted molar refractivity (Wildman–Crippen MR) is 87.1 cm³/mol. The molecule has 0 aliphatic rings. The van der Waals surface area contributed by atoms with Gasteiger partial charge in [0.15, 0.2) is 0 Å². The zero-order valence-corrected chi connectivity index (χ0v) is 14.1. The van der Waals surface area contributed by atoms with Crippen molar-refractivity contribution in [3.05, 3.63) is 11.8 Å². The molecule has 22 heavy (non-hydrogen) atoms. The lowest BCUT2D eigenvalue weighted by Crippen LogP contribution is -2.05. The molecule has 2 N–H and O–H groups in total. The Hall–Kier alpha value is -1.52. The average Bonchev–Trinajstić information content (AvgIpc) is 2.42. The molecule has 0 atom stereocenters. The van der Waals surface area contributed by atoms with Gasteiger partial charge in [-0.15, -0.1) is 0 Å². The number of unbranched alkanes of at least 4 members (excludes halogenated alkanes) is 8. The van der Waals surface area contributed by atoms with Crippen molar-refractivity contribution in [2.75, 3.05) is 13.2 Å². The first-order valence-electron chi connectivity index (χ1n) is 8.26. The minimum absolute atomic E-state index is 0.195. The van der Waals surface area contributed by atoms with Crippen molar-refractivity contribution < 1.29 is 19.1 Å². The number of hydrogen-bond acceptors (Lipinski definition) is 5. The lowest BCUT2D eigenvalue weighted by Gasteiger charge is -2.04. The molecule has 0 aromatic carbocycles. The fourth-order valence-electron chi connectivity index (χ4n) is 2.06. The van der Waals surface area contributed by atoms with Crippen LogP contribution in [0, 0.1) is 0 Å². The first kappa shape index (κ1) is 20.5. The van der Waals surface area contributed by atoms with Gasteiger partial charge in [0.1, 0.15) is 0 Å². The van der Waals surface area contributed by atoms with Gasteiger partial charge in [-0.25, -0.2) is 4.79 Å². The van der Waals surface area contributed by atoms with Crippen LogP contribution in [0.3, 0.4) is 0 Å². The van der Waals surface area contributed by atoms with E-state index in [0.717, 1.165) is 25.7 Å². The van der Waals surface area contributed by atoms with E-state index >= 15 is 0 Å². The van der Waals surface area contributed by atoms with Crippen LogP contribution in [0.2, 0.25) is 0 Å². The summed E-state index contributed by atoms with van der Waals surface area (Å²) in [5.41, 5.74) is 5.85. The molecule has 0 radical (unpaired) electrons. The van der Waals surface area contributed by atoms with Gasteiger partial charge in [-0.1, -0.05) is 44.9 Å². The minimum atomic E-state index is -0.353. The van der Waals surface area contributed by atoms with Crippen molar-refractivity contribution in [3.63, 3.8) is 0 Å². The van der Waals surface area contributed by atoms with Crippen LogP contribution in [-0.2, 0) is 19.1 Å². The molecule has 128 valence electrons. The predicted octanol–water partition coefficient (Wildman–Crippen LogP) is 3.47. The number of allylic oxidation sites excluding steroid dienone is 1. The van der Waals surface area contributed by atoms with E-state index in [2.05, 4.69) is 0 Å². The summed E-state index contributed by atoms with van der Waals surface area (Å²) in [6, 6.07) is 0. The van der Waals surface area contributed by atoms with Crippen LogP contribution in [0.1, 0.15) is 71.6 Å². The lowest BCUT2D eigenvalue weighted by molar-refractivity contribution is -0.141. The van der Waals surface area contributed by atoms with Gasteiger partial charge >= 0.3 is 11.9 Å². The lowest BCUT2D eigenvalue weighted by atomic mass is 10.1. The van der Waals surface area contributed by atoms with Crippen LogP contribution in [0.5, 0.6) is 0 Å². The molecule has 5 nitrogen and oxygen atoms in total. The molecule has 0 spiro atoms. The van der Waals surface area contributed by atoms with Crippen LogP contribution in [0.4, 0.5) is 0 Å². The molecule has 0 rings (SSSR count). The molecular formula is C17H31NO4. The van der Waals surface area contributed by atoms with E-state index in [0.29, 0.717) is 18.9 Å². The standard InChI is InChI=1S/C17H31NO4/c1-15(18)14-17(20)22-13-11-9-7-5-3-4-6-8-10-12-21-16(2)19/h14H,3-13,18H2,1-2H3/b15-14-. The molecule has 0 aromatic heterocycles. The number of nitrogens with two attached hydrogens (primary N) is 1. The van der Waals surface area contributed by atoms with E-state index in [1.165, 1.54) is 45.1 Å². The van der Waals surface area contributed by atoms with Crippen LogP contribution in [-0.4, -0.2) is 25.2 Å². The molecule has 0 bridgehead atoms. The van der Waals surface area contributed by atoms with E-state index in [1.54, 1.807) is 6.92 Å². The molecule has 0 fully saturated rings. The normalized spacial score (nSPS) is 11.3. The molecule has 0 unspecified atom stereocenters. The maximum Gasteiger partial charge on any atom is 0.332 e. The largest absolute Gasteiger partial charge is 0.466 e. The van der Waals surface area contributed by atoms with Crippen LogP contribution >= 0.6 is 0 Å². The topological polar surface area (TPSA) is 78.6 Å².